The van der Waals surface area contributed by atoms with Gasteiger partial charge in [-0.3, -0.25) is 4.79 Å². The Morgan fingerprint density at radius 1 is 1.33 bits per heavy atom. The summed E-state index contributed by atoms with van der Waals surface area (Å²) in [5.41, 5.74) is -2.81. The number of carbonyl (C=O) groups excluding carboxylic acids is 1. The number of benzene rings is 1. The minimum Gasteiger partial charge on any atom is -0.467 e. The van der Waals surface area contributed by atoms with Gasteiger partial charge in [0.15, 0.2) is 0 Å². The van der Waals surface area contributed by atoms with Crippen molar-refractivity contribution >= 4 is 32.6 Å². The van der Waals surface area contributed by atoms with Gasteiger partial charge >= 0.3 is 6.18 Å². The molecule has 0 amide bonds. The van der Waals surface area contributed by atoms with Crippen LogP contribution in [0.25, 0.3) is 0 Å². The molecule has 1 aromatic heterocycles. The molecule has 0 aliphatic rings. The molecule has 130 valence electrons. The van der Waals surface area contributed by atoms with Gasteiger partial charge in [-0.2, -0.15) is 13.2 Å². The van der Waals surface area contributed by atoms with Crippen LogP contribution in [-0.2, 0) is 22.7 Å². The van der Waals surface area contributed by atoms with E-state index < -0.39 is 43.2 Å². The summed E-state index contributed by atoms with van der Waals surface area (Å²) in [5.74, 6) is 0.349. The number of carbonyl (C=O) groups is 1. The molecule has 6 nitrogen and oxygen atoms in total. The molecule has 1 heterocycles. The Hall–Kier alpha value is -2.04. The first-order valence-corrected chi connectivity index (χ1v) is 8.16. The molecule has 0 atom stereocenters. The lowest BCUT2D eigenvalue weighted by molar-refractivity contribution is -0.137. The molecule has 24 heavy (non-hydrogen) atoms. The van der Waals surface area contributed by atoms with E-state index in [4.69, 9.17) is 21.2 Å². The normalized spacial score (nSPS) is 12.2. The zero-order valence-electron chi connectivity index (χ0n) is 11.7. The summed E-state index contributed by atoms with van der Waals surface area (Å²) in [7, 11) is -4.41. The molecule has 2 rings (SSSR count). The van der Waals surface area contributed by atoms with Crippen LogP contribution in [0, 0.1) is 0 Å². The predicted molar refractivity (Wildman–Crippen MR) is 79.0 cm³/mol. The molecule has 0 saturated heterocycles. The zero-order valence-corrected chi connectivity index (χ0v) is 13.3. The van der Waals surface area contributed by atoms with Crippen LogP contribution in [0.3, 0.4) is 0 Å². The molecule has 0 saturated carbocycles. The van der Waals surface area contributed by atoms with Crippen molar-refractivity contribution in [2.45, 2.75) is 17.6 Å². The van der Waals surface area contributed by atoms with Gasteiger partial charge in [-0.25, -0.2) is 13.6 Å². The minimum absolute atomic E-state index is 0.0962. The van der Waals surface area contributed by atoms with Gasteiger partial charge in [0.1, 0.15) is 10.7 Å². The van der Waals surface area contributed by atoms with Gasteiger partial charge in [0.25, 0.3) is 5.24 Å². The molecule has 0 unspecified atom stereocenters. The van der Waals surface area contributed by atoms with Gasteiger partial charge < -0.3 is 9.73 Å². The number of anilines is 1. The molecule has 3 N–H and O–H groups in total. The number of rotatable bonds is 5. The van der Waals surface area contributed by atoms with Gasteiger partial charge in [0.05, 0.1) is 24.1 Å². The SMILES string of the molecule is NS(=O)(=O)c1cc(C(=O)Cl)c(C(F)(F)F)cc1NCc1ccco1. The van der Waals surface area contributed by atoms with E-state index in [1.807, 2.05) is 0 Å². The lowest BCUT2D eigenvalue weighted by Crippen LogP contribution is -2.19. The van der Waals surface area contributed by atoms with E-state index in [2.05, 4.69) is 5.32 Å². The van der Waals surface area contributed by atoms with Gasteiger partial charge in [-0.1, -0.05) is 0 Å². The summed E-state index contributed by atoms with van der Waals surface area (Å²) in [6, 6.07) is 4.05. The number of hydrogen-bond acceptors (Lipinski definition) is 5. The number of hydrogen-bond donors (Lipinski definition) is 2. The third-order valence-electron chi connectivity index (χ3n) is 2.98. The Kier molecular flexibility index (Phi) is 4.92. The summed E-state index contributed by atoms with van der Waals surface area (Å²) in [5, 5.41) is 6.05. The van der Waals surface area contributed by atoms with Crippen LogP contribution < -0.4 is 10.5 Å². The van der Waals surface area contributed by atoms with E-state index in [-0.39, 0.29) is 6.54 Å². The van der Waals surface area contributed by atoms with E-state index in [0.29, 0.717) is 17.9 Å². The summed E-state index contributed by atoms with van der Waals surface area (Å²) in [6.07, 6.45) is -3.58. The molecule has 0 spiro atoms. The number of nitrogens with one attached hydrogen (secondary N) is 1. The second kappa shape index (κ2) is 6.46. The average molecular weight is 383 g/mol. The minimum atomic E-state index is -4.92. The van der Waals surface area contributed by atoms with Crippen molar-refractivity contribution in [2.24, 2.45) is 5.14 Å². The van der Waals surface area contributed by atoms with Crippen molar-refractivity contribution in [1.29, 1.82) is 0 Å². The highest BCUT2D eigenvalue weighted by atomic mass is 35.5. The third kappa shape index (κ3) is 4.08. The van der Waals surface area contributed by atoms with Crippen LogP contribution in [0.1, 0.15) is 21.7 Å². The predicted octanol–water partition coefficient (Wildman–Crippen LogP) is 2.94. The van der Waals surface area contributed by atoms with Gasteiger partial charge in [0, 0.05) is 5.56 Å². The fourth-order valence-corrected chi connectivity index (χ4v) is 2.82. The highest BCUT2D eigenvalue weighted by molar-refractivity contribution is 7.89. The molecule has 0 radical (unpaired) electrons. The van der Waals surface area contributed by atoms with Crippen molar-refractivity contribution in [2.75, 3.05) is 5.32 Å². The van der Waals surface area contributed by atoms with Crippen LogP contribution in [0.2, 0.25) is 0 Å². The highest BCUT2D eigenvalue weighted by Gasteiger charge is 2.37. The molecular formula is C13H10ClF3N2O4S. The number of furan rings is 1. The number of halogens is 4. The molecule has 11 heteroatoms. The average Bonchev–Trinajstić information content (AvgIpc) is 2.95. The topological polar surface area (TPSA) is 102 Å². The van der Waals surface area contributed by atoms with Crippen molar-refractivity contribution in [1.82, 2.24) is 0 Å². The second-order valence-electron chi connectivity index (χ2n) is 4.64. The quantitative estimate of drug-likeness (QED) is 0.774. The monoisotopic (exact) mass is 382 g/mol. The smallest absolute Gasteiger partial charge is 0.417 e. The Morgan fingerprint density at radius 2 is 2.00 bits per heavy atom. The third-order valence-corrected chi connectivity index (χ3v) is 4.13. The summed E-state index contributed by atoms with van der Waals surface area (Å²) in [4.78, 5) is 10.6. The Balaban J connectivity index is 2.59. The van der Waals surface area contributed by atoms with Crippen LogP contribution in [0.5, 0.6) is 0 Å². The molecule has 1 aromatic carbocycles. The number of primary sulfonamides is 1. The highest BCUT2D eigenvalue weighted by Crippen LogP contribution is 2.37. The largest absolute Gasteiger partial charge is 0.467 e. The van der Waals surface area contributed by atoms with Crippen molar-refractivity contribution in [3.63, 3.8) is 0 Å². The lowest BCUT2D eigenvalue weighted by Gasteiger charge is -2.16. The fourth-order valence-electron chi connectivity index (χ4n) is 1.95. The Labute approximate surface area is 139 Å². The van der Waals surface area contributed by atoms with Crippen LogP contribution >= 0.6 is 11.6 Å². The summed E-state index contributed by atoms with van der Waals surface area (Å²) < 4.78 is 67.5. The Bertz CT molecular complexity index is 864. The Morgan fingerprint density at radius 3 is 2.46 bits per heavy atom. The molecule has 0 aliphatic carbocycles. The maximum Gasteiger partial charge on any atom is 0.417 e. The number of alkyl halides is 3. The van der Waals surface area contributed by atoms with Crippen molar-refractivity contribution in [3.05, 3.63) is 47.4 Å². The first-order chi connectivity index (χ1) is 11.0. The fraction of sp³-hybridized carbons (Fsp3) is 0.154. The standard InChI is InChI=1S/C13H10ClF3N2O4S/c14-12(20)8-4-11(24(18,21)22)10(5-9(8)13(15,16)17)19-6-7-2-1-3-23-7/h1-5,19H,6H2,(H2,18,21,22). The van der Waals surface area contributed by atoms with Crippen LogP contribution in [0.15, 0.2) is 39.8 Å². The first kappa shape index (κ1) is 18.3. The maximum absolute atomic E-state index is 13.1. The van der Waals surface area contributed by atoms with Crippen LogP contribution in [0.4, 0.5) is 18.9 Å². The maximum atomic E-state index is 13.1. The molecule has 2 aromatic rings. The van der Waals surface area contributed by atoms with Gasteiger partial charge in [-0.15, -0.1) is 0 Å². The number of sulfonamides is 1. The van der Waals surface area contributed by atoms with Crippen LogP contribution in [-0.4, -0.2) is 13.7 Å². The molecular weight excluding hydrogens is 373 g/mol. The number of nitrogens with two attached hydrogens (primary N) is 1. The second-order valence-corrected chi connectivity index (χ2v) is 6.52. The van der Waals surface area contributed by atoms with Crippen molar-refractivity contribution in [3.8, 4) is 0 Å². The summed E-state index contributed by atoms with van der Waals surface area (Å²) >= 11 is 5.14. The molecule has 0 bridgehead atoms. The lowest BCUT2D eigenvalue weighted by atomic mass is 10.1. The van der Waals surface area contributed by atoms with E-state index in [1.165, 1.54) is 12.3 Å². The van der Waals surface area contributed by atoms with Gasteiger partial charge in [0.2, 0.25) is 10.0 Å². The van der Waals surface area contributed by atoms with E-state index in [1.54, 1.807) is 6.07 Å². The van der Waals surface area contributed by atoms with E-state index in [9.17, 15) is 26.4 Å². The van der Waals surface area contributed by atoms with Gasteiger partial charge in [-0.05, 0) is 35.9 Å². The van der Waals surface area contributed by atoms with Crippen molar-refractivity contribution < 1.29 is 30.8 Å². The first-order valence-electron chi connectivity index (χ1n) is 6.24. The molecule has 0 fully saturated rings. The van der Waals surface area contributed by atoms with E-state index in [0.717, 1.165) is 0 Å². The zero-order chi connectivity index (χ0) is 18.1. The summed E-state index contributed by atoms with van der Waals surface area (Å²) in [6.45, 7) is -0.0962. The van der Waals surface area contributed by atoms with E-state index >= 15 is 0 Å². The molecule has 0 aliphatic heterocycles.